The number of hydrogen-bond acceptors (Lipinski definition) is 8. The molecule has 1 rings (SSSR count). The zero-order chi connectivity index (χ0) is 20.9. The van der Waals surface area contributed by atoms with Gasteiger partial charge < -0.3 is 19.7 Å². The lowest BCUT2D eigenvalue weighted by atomic mass is 10.2. The summed E-state index contributed by atoms with van der Waals surface area (Å²) in [5.41, 5.74) is 0. The van der Waals surface area contributed by atoms with Crippen molar-refractivity contribution < 1.29 is 23.9 Å². The Balaban J connectivity index is 2.61. The van der Waals surface area contributed by atoms with E-state index in [1.54, 1.807) is 30.5 Å². The van der Waals surface area contributed by atoms with Crippen LogP contribution in [0.2, 0.25) is 0 Å². The van der Waals surface area contributed by atoms with Gasteiger partial charge in [0.25, 0.3) is 0 Å². The molecule has 0 bridgehead atoms. The van der Waals surface area contributed by atoms with Crippen LogP contribution in [0.1, 0.15) is 40.0 Å². The van der Waals surface area contributed by atoms with Gasteiger partial charge in [-0.15, -0.1) is 0 Å². The number of hydrogen-bond donors (Lipinski definition) is 2. The van der Waals surface area contributed by atoms with Crippen molar-refractivity contribution in [2.45, 2.75) is 58.2 Å². The molecular formula is C19H35N3O5S. The van der Waals surface area contributed by atoms with Crippen molar-refractivity contribution in [1.82, 2.24) is 15.5 Å². The van der Waals surface area contributed by atoms with E-state index >= 15 is 0 Å². The molecule has 162 valence electrons. The van der Waals surface area contributed by atoms with Gasteiger partial charge >= 0.3 is 11.9 Å². The molecule has 0 spiro atoms. The van der Waals surface area contributed by atoms with E-state index in [9.17, 15) is 14.4 Å². The fourth-order valence-electron chi connectivity index (χ4n) is 3.11. The van der Waals surface area contributed by atoms with Crippen molar-refractivity contribution in [3.63, 3.8) is 0 Å². The van der Waals surface area contributed by atoms with Gasteiger partial charge in [-0.2, -0.15) is 11.8 Å². The lowest BCUT2D eigenvalue weighted by Gasteiger charge is -2.28. The van der Waals surface area contributed by atoms with E-state index in [-0.39, 0.29) is 11.9 Å². The molecule has 3 atom stereocenters. The quantitative estimate of drug-likeness (QED) is 0.335. The number of carbonyl (C=O) groups excluding carboxylic acids is 3. The number of likely N-dealkylation sites (tertiary alicyclic amines) is 1. The van der Waals surface area contributed by atoms with Gasteiger partial charge in [0, 0.05) is 24.6 Å². The number of ether oxygens (including phenoxy) is 2. The first-order valence-corrected chi connectivity index (χ1v) is 11.2. The van der Waals surface area contributed by atoms with Gasteiger partial charge in [0.05, 0.1) is 19.8 Å². The molecule has 0 aromatic heterocycles. The van der Waals surface area contributed by atoms with Crippen LogP contribution in [0.5, 0.6) is 0 Å². The minimum atomic E-state index is -0.599. The molecular weight excluding hydrogens is 382 g/mol. The number of nitrogens with one attached hydrogen (secondary N) is 2. The lowest BCUT2D eigenvalue weighted by Crippen LogP contribution is -2.54. The predicted molar refractivity (Wildman–Crippen MR) is 110 cm³/mol. The molecule has 0 radical (unpaired) electrons. The van der Waals surface area contributed by atoms with Crippen molar-refractivity contribution in [3.05, 3.63) is 0 Å². The van der Waals surface area contributed by atoms with Crippen LogP contribution in [-0.2, 0) is 23.9 Å². The molecule has 1 saturated heterocycles. The Labute approximate surface area is 172 Å². The van der Waals surface area contributed by atoms with Crippen molar-refractivity contribution in [2.75, 3.05) is 44.9 Å². The largest absolute Gasteiger partial charge is 0.467 e. The van der Waals surface area contributed by atoms with Crippen LogP contribution in [0.15, 0.2) is 0 Å². The van der Waals surface area contributed by atoms with Gasteiger partial charge in [-0.05, 0) is 39.7 Å². The molecule has 2 N–H and O–H groups in total. The van der Waals surface area contributed by atoms with Crippen molar-refractivity contribution in [2.24, 2.45) is 0 Å². The maximum atomic E-state index is 12.8. The van der Waals surface area contributed by atoms with E-state index in [1.807, 2.05) is 0 Å². The SMILES string of the molecule is CCCNCCSC[C@H](N[C@@H](C)C(=O)N1CCC[C@H]1C(=O)OC)C(=O)OCC. The molecule has 1 aliphatic rings. The van der Waals surface area contributed by atoms with Crippen LogP contribution < -0.4 is 10.6 Å². The monoisotopic (exact) mass is 417 g/mol. The number of amides is 1. The number of rotatable bonds is 13. The summed E-state index contributed by atoms with van der Waals surface area (Å²) in [4.78, 5) is 38.6. The molecule has 9 heteroatoms. The van der Waals surface area contributed by atoms with Gasteiger partial charge in [0.2, 0.25) is 5.91 Å². The summed E-state index contributed by atoms with van der Waals surface area (Å²) in [5.74, 6) is 0.440. The summed E-state index contributed by atoms with van der Waals surface area (Å²) in [6.45, 7) is 8.25. The third-order valence-electron chi connectivity index (χ3n) is 4.54. The van der Waals surface area contributed by atoms with Crippen LogP contribution in [0.25, 0.3) is 0 Å². The maximum Gasteiger partial charge on any atom is 0.328 e. The summed E-state index contributed by atoms with van der Waals surface area (Å²) in [5, 5.41) is 6.42. The highest BCUT2D eigenvalue weighted by Crippen LogP contribution is 2.19. The molecule has 1 heterocycles. The number of esters is 2. The Kier molecular flexibility index (Phi) is 12.2. The predicted octanol–water partition coefficient (Wildman–Crippen LogP) is 0.793. The first-order chi connectivity index (χ1) is 13.5. The molecule has 0 unspecified atom stereocenters. The first-order valence-electron chi connectivity index (χ1n) is 10.1. The van der Waals surface area contributed by atoms with Crippen LogP contribution >= 0.6 is 11.8 Å². The first kappa shape index (κ1) is 24.7. The van der Waals surface area contributed by atoms with E-state index in [0.717, 1.165) is 31.7 Å². The molecule has 1 fully saturated rings. The minimum Gasteiger partial charge on any atom is -0.467 e. The highest BCUT2D eigenvalue weighted by molar-refractivity contribution is 7.99. The second-order valence-corrected chi connectivity index (χ2v) is 7.88. The molecule has 0 aromatic rings. The van der Waals surface area contributed by atoms with Crippen LogP contribution in [0, 0.1) is 0 Å². The standard InChI is InChI=1S/C19H35N3O5S/c1-5-9-20-10-12-28-13-15(18(24)27-6-2)21-14(3)17(23)22-11-7-8-16(22)19(25)26-4/h14-16,20-21H,5-13H2,1-4H3/t14-,15-,16-/m0/s1. The zero-order valence-corrected chi connectivity index (χ0v) is 18.3. The summed E-state index contributed by atoms with van der Waals surface area (Å²) >= 11 is 1.64. The maximum absolute atomic E-state index is 12.8. The normalized spacial score (nSPS) is 18.6. The summed E-state index contributed by atoms with van der Waals surface area (Å²) in [6.07, 6.45) is 2.45. The fraction of sp³-hybridized carbons (Fsp3) is 0.842. The van der Waals surface area contributed by atoms with Gasteiger partial charge in [-0.1, -0.05) is 6.92 Å². The average molecular weight is 418 g/mol. The summed E-state index contributed by atoms with van der Waals surface area (Å²) in [6, 6.07) is -1.71. The van der Waals surface area contributed by atoms with Gasteiger partial charge in [-0.3, -0.25) is 14.9 Å². The topological polar surface area (TPSA) is 97.0 Å². The van der Waals surface area contributed by atoms with E-state index in [2.05, 4.69) is 17.6 Å². The number of carbonyl (C=O) groups is 3. The van der Waals surface area contributed by atoms with Crippen molar-refractivity contribution >= 4 is 29.6 Å². The molecule has 0 aliphatic carbocycles. The van der Waals surface area contributed by atoms with E-state index in [1.165, 1.54) is 7.11 Å². The Hall–Kier alpha value is -1.32. The Morgan fingerprint density at radius 1 is 1.25 bits per heavy atom. The van der Waals surface area contributed by atoms with Crippen molar-refractivity contribution in [1.29, 1.82) is 0 Å². The smallest absolute Gasteiger partial charge is 0.328 e. The molecule has 1 aliphatic heterocycles. The van der Waals surface area contributed by atoms with Gasteiger partial charge in [0.15, 0.2) is 0 Å². The Bertz CT molecular complexity index is 506. The van der Waals surface area contributed by atoms with Crippen LogP contribution in [0.3, 0.4) is 0 Å². The number of nitrogens with zero attached hydrogens (tertiary/aromatic N) is 1. The van der Waals surface area contributed by atoms with Gasteiger partial charge in [-0.25, -0.2) is 4.79 Å². The fourth-order valence-corrected chi connectivity index (χ4v) is 4.03. The second kappa shape index (κ2) is 13.8. The summed E-state index contributed by atoms with van der Waals surface area (Å²) in [7, 11) is 1.33. The molecule has 28 heavy (non-hydrogen) atoms. The number of thioether (sulfide) groups is 1. The van der Waals surface area contributed by atoms with Crippen LogP contribution in [-0.4, -0.2) is 85.7 Å². The Morgan fingerprint density at radius 3 is 2.64 bits per heavy atom. The minimum absolute atomic E-state index is 0.197. The Morgan fingerprint density at radius 2 is 2.00 bits per heavy atom. The van der Waals surface area contributed by atoms with Crippen molar-refractivity contribution in [3.8, 4) is 0 Å². The lowest BCUT2D eigenvalue weighted by molar-refractivity contribution is -0.152. The van der Waals surface area contributed by atoms with Gasteiger partial charge in [0.1, 0.15) is 12.1 Å². The van der Waals surface area contributed by atoms with Crippen LogP contribution in [0.4, 0.5) is 0 Å². The third kappa shape index (κ3) is 7.97. The third-order valence-corrected chi connectivity index (χ3v) is 5.60. The second-order valence-electron chi connectivity index (χ2n) is 6.73. The highest BCUT2D eigenvalue weighted by atomic mass is 32.2. The number of methoxy groups -OCH3 is 1. The highest BCUT2D eigenvalue weighted by Gasteiger charge is 2.37. The van der Waals surface area contributed by atoms with E-state index in [0.29, 0.717) is 25.3 Å². The average Bonchev–Trinajstić information content (AvgIpc) is 3.18. The molecule has 0 aromatic carbocycles. The van der Waals surface area contributed by atoms with E-state index in [4.69, 9.17) is 9.47 Å². The van der Waals surface area contributed by atoms with E-state index < -0.39 is 24.1 Å². The molecule has 0 saturated carbocycles. The molecule has 1 amide bonds. The zero-order valence-electron chi connectivity index (χ0n) is 17.5. The molecule has 8 nitrogen and oxygen atoms in total. The summed E-state index contributed by atoms with van der Waals surface area (Å²) < 4.78 is 9.96.